The number of nitrogens with zero attached hydrogens (tertiary/aromatic N) is 1. The molecule has 170 valence electrons. The summed E-state index contributed by atoms with van der Waals surface area (Å²) in [6.07, 6.45) is 0.598. The van der Waals surface area contributed by atoms with Crippen molar-refractivity contribution in [3.63, 3.8) is 0 Å². The molecule has 0 saturated carbocycles. The molecule has 1 aliphatic rings. The molecule has 2 heterocycles. The number of hydrogen-bond acceptors (Lipinski definition) is 6. The van der Waals surface area contributed by atoms with Crippen molar-refractivity contribution in [1.82, 2.24) is 4.90 Å². The Balaban J connectivity index is 1.63. The molecule has 33 heavy (non-hydrogen) atoms. The van der Waals surface area contributed by atoms with Crippen LogP contribution < -0.4 is 14.8 Å². The topological polar surface area (TPSA) is 67.9 Å². The van der Waals surface area contributed by atoms with Gasteiger partial charge in [0.2, 0.25) is 0 Å². The normalized spacial score (nSPS) is 13.6. The van der Waals surface area contributed by atoms with E-state index >= 15 is 0 Å². The van der Waals surface area contributed by atoms with E-state index in [1.54, 1.807) is 12.1 Å². The molecule has 6 nitrogen and oxygen atoms in total. The predicted molar refractivity (Wildman–Crippen MR) is 131 cm³/mol. The molecule has 2 amide bonds. The number of ether oxygens (including phenoxy) is 2. The molecule has 1 N–H and O–H groups in total. The Bertz CT molecular complexity index is 1160. The number of carbonyl (C=O) groups excluding carboxylic acids is 2. The summed E-state index contributed by atoms with van der Waals surface area (Å²) in [7, 11) is 0. The maximum absolute atomic E-state index is 13.4. The van der Waals surface area contributed by atoms with Gasteiger partial charge in [0.15, 0.2) is 11.5 Å². The van der Waals surface area contributed by atoms with Crippen LogP contribution in [-0.4, -0.2) is 36.5 Å². The number of thiophene rings is 1. The Hall–Kier alpha value is -3.58. The highest BCUT2D eigenvalue weighted by molar-refractivity contribution is 7.11. The van der Waals surface area contributed by atoms with Crippen molar-refractivity contribution in [1.29, 1.82) is 0 Å². The smallest absolute Gasteiger partial charge is 0.278 e. The molecular formula is C26H26N2O4S. The monoisotopic (exact) mass is 462 g/mol. The minimum Gasteiger partial charge on any atom is -0.490 e. The van der Waals surface area contributed by atoms with Gasteiger partial charge in [0.05, 0.1) is 18.8 Å². The number of nitrogens with one attached hydrogen (secondary N) is 1. The summed E-state index contributed by atoms with van der Waals surface area (Å²) < 4.78 is 11.3. The van der Waals surface area contributed by atoms with E-state index in [1.165, 1.54) is 16.2 Å². The zero-order valence-electron chi connectivity index (χ0n) is 18.7. The van der Waals surface area contributed by atoms with E-state index in [0.29, 0.717) is 48.9 Å². The Kier molecular flexibility index (Phi) is 7.10. The number of imide groups is 1. The van der Waals surface area contributed by atoms with Crippen LogP contribution in [0.3, 0.4) is 0 Å². The summed E-state index contributed by atoms with van der Waals surface area (Å²) in [6, 6.07) is 19.0. The highest BCUT2D eigenvalue weighted by Gasteiger charge is 2.39. The van der Waals surface area contributed by atoms with Crippen molar-refractivity contribution in [3.8, 4) is 11.5 Å². The summed E-state index contributed by atoms with van der Waals surface area (Å²) in [6.45, 7) is 5.13. The van der Waals surface area contributed by atoms with Crippen LogP contribution >= 0.6 is 11.3 Å². The second kappa shape index (κ2) is 10.4. The molecule has 4 rings (SSSR count). The van der Waals surface area contributed by atoms with Gasteiger partial charge in [0.25, 0.3) is 11.8 Å². The minimum absolute atomic E-state index is 0.280. The molecule has 3 aromatic rings. The Morgan fingerprint density at radius 2 is 1.64 bits per heavy atom. The first-order chi connectivity index (χ1) is 16.1. The number of anilines is 1. The van der Waals surface area contributed by atoms with Gasteiger partial charge in [-0.25, -0.2) is 0 Å². The van der Waals surface area contributed by atoms with E-state index in [0.717, 1.165) is 10.4 Å². The van der Waals surface area contributed by atoms with Crippen molar-refractivity contribution in [3.05, 3.63) is 82.2 Å². The van der Waals surface area contributed by atoms with E-state index < -0.39 is 0 Å². The first-order valence-corrected chi connectivity index (χ1v) is 11.8. The Morgan fingerprint density at radius 1 is 0.879 bits per heavy atom. The summed E-state index contributed by atoms with van der Waals surface area (Å²) in [5.41, 5.74) is 2.40. The number of benzene rings is 2. The average molecular weight is 463 g/mol. The van der Waals surface area contributed by atoms with Gasteiger partial charge < -0.3 is 14.8 Å². The third-order valence-electron chi connectivity index (χ3n) is 5.22. The predicted octanol–water partition coefficient (Wildman–Crippen LogP) is 4.98. The zero-order valence-corrected chi connectivity index (χ0v) is 19.5. The van der Waals surface area contributed by atoms with E-state index in [9.17, 15) is 9.59 Å². The maximum Gasteiger partial charge on any atom is 0.278 e. The largest absolute Gasteiger partial charge is 0.490 e. The molecule has 0 bridgehead atoms. The van der Waals surface area contributed by atoms with Gasteiger partial charge in [-0.1, -0.05) is 36.4 Å². The summed E-state index contributed by atoms with van der Waals surface area (Å²) in [5, 5.41) is 5.09. The van der Waals surface area contributed by atoms with Crippen LogP contribution in [0, 0.1) is 0 Å². The SMILES string of the molecule is CCOc1ccc(NC2=C(c3cccs3)C(=O)N(CCc3ccccc3)C2=O)cc1OCC. The van der Waals surface area contributed by atoms with Crippen LogP contribution in [0.2, 0.25) is 0 Å². The maximum atomic E-state index is 13.4. The van der Waals surface area contributed by atoms with Gasteiger partial charge in [-0.2, -0.15) is 0 Å². The molecule has 0 saturated heterocycles. The quantitative estimate of drug-likeness (QED) is 0.431. The summed E-state index contributed by atoms with van der Waals surface area (Å²) >= 11 is 1.43. The minimum atomic E-state index is -0.328. The second-order valence-corrected chi connectivity index (χ2v) is 8.33. The number of rotatable bonds is 10. The van der Waals surface area contributed by atoms with Crippen molar-refractivity contribution >= 4 is 34.4 Å². The Morgan fingerprint density at radius 3 is 2.33 bits per heavy atom. The van der Waals surface area contributed by atoms with Crippen LogP contribution in [0.1, 0.15) is 24.3 Å². The van der Waals surface area contributed by atoms with Crippen LogP contribution in [-0.2, 0) is 16.0 Å². The fraction of sp³-hybridized carbons (Fsp3) is 0.231. The molecule has 0 atom stereocenters. The van der Waals surface area contributed by atoms with E-state index in [-0.39, 0.29) is 17.5 Å². The third kappa shape index (κ3) is 4.93. The summed E-state index contributed by atoms with van der Waals surface area (Å²) in [5.74, 6) is 0.610. The highest BCUT2D eigenvalue weighted by atomic mass is 32.1. The van der Waals surface area contributed by atoms with Crippen molar-refractivity contribution in [2.75, 3.05) is 25.1 Å². The molecule has 0 aliphatic carbocycles. The fourth-order valence-corrected chi connectivity index (χ4v) is 4.47. The number of carbonyl (C=O) groups is 2. The van der Waals surface area contributed by atoms with E-state index in [1.807, 2.05) is 67.8 Å². The molecule has 1 aliphatic heterocycles. The van der Waals surface area contributed by atoms with Crippen molar-refractivity contribution in [2.45, 2.75) is 20.3 Å². The Labute approximate surface area is 197 Å². The lowest BCUT2D eigenvalue weighted by molar-refractivity contribution is -0.136. The zero-order chi connectivity index (χ0) is 23.2. The first-order valence-electron chi connectivity index (χ1n) is 11.0. The van der Waals surface area contributed by atoms with Gasteiger partial charge in [-0.3, -0.25) is 14.5 Å². The number of amides is 2. The average Bonchev–Trinajstić information content (AvgIpc) is 3.42. The lowest BCUT2D eigenvalue weighted by Gasteiger charge is -2.16. The van der Waals surface area contributed by atoms with Crippen molar-refractivity contribution < 1.29 is 19.1 Å². The third-order valence-corrected chi connectivity index (χ3v) is 6.10. The van der Waals surface area contributed by atoms with Crippen LogP contribution in [0.25, 0.3) is 5.57 Å². The van der Waals surface area contributed by atoms with Crippen LogP contribution in [0.4, 0.5) is 5.69 Å². The fourth-order valence-electron chi connectivity index (χ4n) is 3.70. The van der Waals surface area contributed by atoms with E-state index in [2.05, 4.69) is 5.32 Å². The van der Waals surface area contributed by atoms with Crippen LogP contribution in [0.15, 0.2) is 71.7 Å². The standard InChI is InChI=1S/C26H26N2O4S/c1-3-31-20-13-12-19(17-21(20)32-4-2)27-24-23(22-11-8-16-33-22)25(29)28(26(24)30)15-14-18-9-6-5-7-10-18/h5-13,16-17,27H,3-4,14-15H2,1-2H3. The molecule has 1 aromatic heterocycles. The van der Waals surface area contributed by atoms with Gasteiger partial charge >= 0.3 is 0 Å². The lowest BCUT2D eigenvalue weighted by atomic mass is 10.1. The molecular weight excluding hydrogens is 436 g/mol. The van der Waals surface area contributed by atoms with Gasteiger partial charge in [-0.05, 0) is 49.4 Å². The molecule has 2 aromatic carbocycles. The van der Waals surface area contributed by atoms with Crippen LogP contribution in [0.5, 0.6) is 11.5 Å². The number of hydrogen-bond donors (Lipinski definition) is 1. The first kappa shape index (κ1) is 22.6. The molecule has 0 fully saturated rings. The molecule has 0 spiro atoms. The van der Waals surface area contributed by atoms with Gasteiger partial charge in [-0.15, -0.1) is 11.3 Å². The summed E-state index contributed by atoms with van der Waals surface area (Å²) in [4.78, 5) is 28.8. The van der Waals surface area contributed by atoms with Gasteiger partial charge in [0.1, 0.15) is 5.70 Å². The molecule has 7 heteroatoms. The second-order valence-electron chi connectivity index (χ2n) is 7.38. The van der Waals surface area contributed by atoms with Gasteiger partial charge in [0, 0.05) is 23.2 Å². The molecule has 0 radical (unpaired) electrons. The lowest BCUT2D eigenvalue weighted by Crippen LogP contribution is -2.34. The van der Waals surface area contributed by atoms with Crippen molar-refractivity contribution in [2.24, 2.45) is 0 Å². The highest BCUT2D eigenvalue weighted by Crippen LogP contribution is 2.35. The van der Waals surface area contributed by atoms with E-state index in [4.69, 9.17) is 9.47 Å². The molecule has 0 unspecified atom stereocenters.